The van der Waals surface area contributed by atoms with Gasteiger partial charge in [-0.3, -0.25) is 0 Å². The monoisotopic (exact) mass is 673 g/mol. The first-order chi connectivity index (χ1) is 25.2. The third kappa shape index (κ3) is 4.47. The van der Waals surface area contributed by atoms with Gasteiger partial charge in [-0.15, -0.1) is 11.3 Å². The summed E-state index contributed by atoms with van der Waals surface area (Å²) in [5.41, 5.74) is 8.52. The number of nitrogens with zero attached hydrogens (tertiary/aromatic N) is 2. The predicted molar refractivity (Wildman–Crippen MR) is 211 cm³/mol. The lowest BCUT2D eigenvalue weighted by Gasteiger charge is -2.23. The van der Waals surface area contributed by atoms with Gasteiger partial charge in [0.2, 0.25) is 0 Å². The van der Waals surface area contributed by atoms with Crippen molar-refractivity contribution in [1.29, 1.82) is 0 Å². The minimum absolute atomic E-state index is 0.340. The Morgan fingerprint density at radius 1 is 0.510 bits per heavy atom. The zero-order chi connectivity index (χ0) is 33.5. The van der Waals surface area contributed by atoms with Crippen LogP contribution in [-0.4, -0.2) is 11.7 Å². The Morgan fingerprint density at radius 3 is 2.20 bits per heavy atom. The highest BCUT2D eigenvalue weighted by Gasteiger charge is 2.24. The molecule has 51 heavy (non-hydrogen) atoms. The van der Waals surface area contributed by atoms with Gasteiger partial charge >= 0.3 is 0 Å². The van der Waals surface area contributed by atoms with Gasteiger partial charge in [0.25, 0.3) is 0 Å². The van der Waals surface area contributed by atoms with Crippen molar-refractivity contribution in [3.63, 3.8) is 0 Å². The Kier molecular flexibility index (Phi) is 6.12. The molecule has 0 saturated carbocycles. The SMILES string of the molecule is c1ccc(C2=NC(c3cccc4c3oc3ccc(-c5cccc6oc7ccccc7c56)cc34)=NC(c3ccc4sc5ccccc5c4c3)N2)cc1. The van der Waals surface area contributed by atoms with E-state index in [0.717, 1.165) is 77.5 Å². The highest BCUT2D eigenvalue weighted by molar-refractivity contribution is 7.25. The van der Waals surface area contributed by atoms with Crippen LogP contribution in [0.4, 0.5) is 0 Å². The van der Waals surface area contributed by atoms with Gasteiger partial charge in [-0.2, -0.15) is 0 Å². The topological polar surface area (TPSA) is 63.0 Å². The minimum atomic E-state index is -0.340. The summed E-state index contributed by atoms with van der Waals surface area (Å²) in [6.45, 7) is 0. The van der Waals surface area contributed by atoms with Gasteiger partial charge in [0.15, 0.2) is 5.84 Å². The molecule has 240 valence electrons. The van der Waals surface area contributed by atoms with Crippen LogP contribution >= 0.6 is 11.3 Å². The van der Waals surface area contributed by atoms with Crippen molar-refractivity contribution < 1.29 is 8.83 Å². The maximum Gasteiger partial charge on any atom is 0.163 e. The second-order valence-corrected chi connectivity index (χ2v) is 14.0. The Hall–Kier alpha value is -6.50. The fourth-order valence-corrected chi connectivity index (χ4v) is 8.64. The van der Waals surface area contributed by atoms with Crippen LogP contribution in [0.2, 0.25) is 0 Å². The molecule has 7 aromatic carbocycles. The van der Waals surface area contributed by atoms with Gasteiger partial charge < -0.3 is 14.2 Å². The van der Waals surface area contributed by atoms with E-state index in [1.807, 2.05) is 47.7 Å². The molecule has 0 bridgehead atoms. The fourth-order valence-electron chi connectivity index (χ4n) is 7.55. The molecule has 0 aliphatic carbocycles. The lowest BCUT2D eigenvalue weighted by Crippen LogP contribution is -2.33. The smallest absolute Gasteiger partial charge is 0.163 e. The molecule has 0 amide bonds. The van der Waals surface area contributed by atoms with Gasteiger partial charge in [0.1, 0.15) is 34.3 Å². The van der Waals surface area contributed by atoms with Crippen molar-refractivity contribution in [2.75, 3.05) is 0 Å². The first kappa shape index (κ1) is 28.3. The summed E-state index contributed by atoms with van der Waals surface area (Å²) in [6.07, 6.45) is -0.340. The molecule has 1 aliphatic heterocycles. The summed E-state index contributed by atoms with van der Waals surface area (Å²) in [7, 11) is 0. The zero-order valence-corrected chi connectivity index (χ0v) is 27.9. The number of benzene rings is 7. The summed E-state index contributed by atoms with van der Waals surface area (Å²) in [6, 6.07) is 52.7. The van der Waals surface area contributed by atoms with Crippen LogP contribution in [0.3, 0.4) is 0 Å². The summed E-state index contributed by atoms with van der Waals surface area (Å²) >= 11 is 1.82. The van der Waals surface area contributed by atoms with E-state index in [1.54, 1.807) is 0 Å². The number of thiophene rings is 1. The molecule has 0 radical (unpaired) electrons. The second-order valence-electron chi connectivity index (χ2n) is 13.0. The number of nitrogens with one attached hydrogen (secondary N) is 1. The largest absolute Gasteiger partial charge is 0.456 e. The number of hydrogen-bond acceptors (Lipinski definition) is 6. The average Bonchev–Trinajstić information content (AvgIpc) is 3.88. The van der Waals surface area contributed by atoms with Crippen molar-refractivity contribution in [2.24, 2.45) is 9.98 Å². The zero-order valence-electron chi connectivity index (χ0n) is 27.1. The van der Waals surface area contributed by atoms with Crippen molar-refractivity contribution in [3.05, 3.63) is 168 Å². The molecule has 1 atom stereocenters. The minimum Gasteiger partial charge on any atom is -0.456 e. The molecule has 1 N–H and O–H groups in total. The molecule has 3 aromatic heterocycles. The first-order valence-corrected chi connectivity index (χ1v) is 17.8. The van der Waals surface area contributed by atoms with E-state index >= 15 is 0 Å². The van der Waals surface area contributed by atoms with Gasteiger partial charge in [-0.25, -0.2) is 9.98 Å². The first-order valence-electron chi connectivity index (χ1n) is 17.0. The van der Waals surface area contributed by atoms with Crippen LogP contribution in [0.5, 0.6) is 0 Å². The molecular formula is C45H27N3O2S. The van der Waals surface area contributed by atoms with Crippen LogP contribution in [0.1, 0.15) is 22.9 Å². The Bertz CT molecular complexity index is 3070. The fraction of sp³-hybridized carbons (Fsp3) is 0.0222. The lowest BCUT2D eigenvalue weighted by molar-refractivity contribution is 0.663. The highest BCUT2D eigenvalue weighted by atomic mass is 32.1. The van der Waals surface area contributed by atoms with Crippen molar-refractivity contribution >= 4 is 87.1 Å². The van der Waals surface area contributed by atoms with E-state index in [9.17, 15) is 0 Å². The number of fused-ring (bicyclic) bond motifs is 9. The quantitative estimate of drug-likeness (QED) is 0.202. The van der Waals surface area contributed by atoms with Crippen molar-refractivity contribution in [1.82, 2.24) is 5.32 Å². The van der Waals surface area contributed by atoms with Gasteiger partial charge in [0.05, 0.1) is 5.56 Å². The molecule has 5 nitrogen and oxygen atoms in total. The second kappa shape index (κ2) is 11.0. The Balaban J connectivity index is 1.07. The summed E-state index contributed by atoms with van der Waals surface area (Å²) in [4.78, 5) is 10.4. The third-order valence-electron chi connectivity index (χ3n) is 9.96. The maximum absolute atomic E-state index is 6.66. The molecule has 10 aromatic rings. The molecule has 0 fully saturated rings. The summed E-state index contributed by atoms with van der Waals surface area (Å²) in [5.74, 6) is 1.41. The van der Waals surface area contributed by atoms with Crippen molar-refractivity contribution in [2.45, 2.75) is 6.17 Å². The maximum atomic E-state index is 6.66. The van der Waals surface area contributed by atoms with E-state index < -0.39 is 0 Å². The molecular weight excluding hydrogens is 647 g/mol. The van der Waals surface area contributed by atoms with E-state index in [0.29, 0.717) is 5.84 Å². The number of furan rings is 2. The van der Waals surface area contributed by atoms with E-state index in [2.05, 4.69) is 121 Å². The summed E-state index contributed by atoms with van der Waals surface area (Å²) in [5, 5.41) is 10.4. The van der Waals surface area contributed by atoms with E-state index in [-0.39, 0.29) is 6.17 Å². The molecule has 4 heterocycles. The van der Waals surface area contributed by atoms with Crippen LogP contribution in [0.15, 0.2) is 170 Å². The van der Waals surface area contributed by atoms with Crippen molar-refractivity contribution in [3.8, 4) is 11.1 Å². The Morgan fingerprint density at radius 2 is 1.25 bits per heavy atom. The summed E-state index contributed by atoms with van der Waals surface area (Å²) < 4.78 is 15.4. The lowest BCUT2D eigenvalue weighted by atomic mass is 9.97. The van der Waals surface area contributed by atoms with Crippen LogP contribution in [-0.2, 0) is 0 Å². The van der Waals surface area contributed by atoms with Crippen LogP contribution in [0.25, 0.3) is 75.2 Å². The molecule has 1 aliphatic rings. The highest BCUT2D eigenvalue weighted by Crippen LogP contribution is 2.40. The average molecular weight is 674 g/mol. The number of amidine groups is 2. The van der Waals surface area contributed by atoms with Gasteiger partial charge in [-0.05, 0) is 65.2 Å². The normalized spacial score (nSPS) is 14.9. The Labute approximate surface area is 295 Å². The van der Waals surface area contributed by atoms with E-state index in [4.69, 9.17) is 18.8 Å². The van der Waals surface area contributed by atoms with Crippen LogP contribution < -0.4 is 5.32 Å². The van der Waals surface area contributed by atoms with Gasteiger partial charge in [-0.1, -0.05) is 103 Å². The standard InChI is InChI=1S/C45H27N3O2S/c1-2-10-26(11-3-1)43-46-44(28-21-23-40-35(25-28)30-12-5-7-19-39(30)51-40)48-45(47-43)33-16-8-15-31-34-24-27(20-22-37(34)50-42(31)33)29-14-9-18-38-41(29)32-13-4-6-17-36(32)49-38/h1-25,44H,(H,46,47,48). The number of para-hydroxylation sites is 2. The van der Waals surface area contributed by atoms with E-state index in [1.165, 1.54) is 20.2 Å². The molecule has 0 spiro atoms. The predicted octanol–water partition coefficient (Wildman–Crippen LogP) is 12.0. The molecule has 6 heteroatoms. The number of aliphatic imine (C=N–C) groups is 2. The van der Waals surface area contributed by atoms with Gasteiger partial charge in [0, 0.05) is 47.3 Å². The molecule has 0 saturated heterocycles. The van der Waals surface area contributed by atoms with Crippen LogP contribution in [0, 0.1) is 0 Å². The number of hydrogen-bond donors (Lipinski definition) is 1. The third-order valence-corrected chi connectivity index (χ3v) is 11.1. The molecule has 11 rings (SSSR count). The molecule has 1 unspecified atom stereocenters. The number of rotatable bonds is 4.